The van der Waals surface area contributed by atoms with Crippen molar-refractivity contribution in [1.82, 2.24) is 15.5 Å². The Morgan fingerprint density at radius 2 is 2.20 bits per heavy atom. The lowest BCUT2D eigenvalue weighted by Crippen LogP contribution is -2.51. The first-order valence-corrected chi connectivity index (χ1v) is 6.95. The summed E-state index contributed by atoms with van der Waals surface area (Å²) in [5, 5.41) is 13.9. The third kappa shape index (κ3) is 5.07. The van der Waals surface area contributed by atoms with Gasteiger partial charge in [-0.1, -0.05) is 13.8 Å². The van der Waals surface area contributed by atoms with Gasteiger partial charge in [-0.3, -0.25) is 9.59 Å². The molecule has 3 N–H and O–H groups in total. The van der Waals surface area contributed by atoms with Gasteiger partial charge in [0.05, 0.1) is 6.42 Å². The summed E-state index contributed by atoms with van der Waals surface area (Å²) in [6.45, 7) is 5.12. The van der Waals surface area contributed by atoms with Crippen LogP contribution in [0.4, 0.5) is 4.79 Å². The summed E-state index contributed by atoms with van der Waals surface area (Å²) in [7, 11) is 0. The molecule has 7 heteroatoms. The molecule has 1 heterocycles. The Hall–Kier alpha value is -1.79. The lowest BCUT2D eigenvalue weighted by atomic mass is 10.0. The van der Waals surface area contributed by atoms with Crippen LogP contribution in [0.1, 0.15) is 33.1 Å². The minimum atomic E-state index is -0.961. The molecule has 1 atom stereocenters. The van der Waals surface area contributed by atoms with Gasteiger partial charge in [-0.05, 0) is 18.8 Å². The van der Waals surface area contributed by atoms with Gasteiger partial charge in [0.2, 0.25) is 5.91 Å². The second-order valence-electron chi connectivity index (χ2n) is 5.36. The molecule has 0 aromatic carbocycles. The van der Waals surface area contributed by atoms with E-state index in [0.29, 0.717) is 25.9 Å². The Labute approximate surface area is 118 Å². The number of aliphatic carboxylic acids is 1. The second-order valence-corrected chi connectivity index (χ2v) is 5.36. The summed E-state index contributed by atoms with van der Waals surface area (Å²) in [6.07, 6.45) is 1.17. The normalized spacial score (nSPS) is 19.4. The van der Waals surface area contributed by atoms with E-state index < -0.39 is 12.0 Å². The zero-order valence-corrected chi connectivity index (χ0v) is 12.0. The Bertz CT molecular complexity index is 371. The van der Waals surface area contributed by atoms with Crippen LogP contribution in [0.25, 0.3) is 0 Å². The van der Waals surface area contributed by atoms with Gasteiger partial charge >= 0.3 is 12.0 Å². The van der Waals surface area contributed by atoms with E-state index in [1.54, 1.807) is 0 Å². The molecule has 7 nitrogen and oxygen atoms in total. The van der Waals surface area contributed by atoms with E-state index >= 15 is 0 Å². The third-order valence-corrected chi connectivity index (χ3v) is 3.12. The fraction of sp³-hybridized carbons (Fsp3) is 0.769. The molecular formula is C13H23N3O4. The van der Waals surface area contributed by atoms with Gasteiger partial charge in [0, 0.05) is 19.6 Å². The second kappa shape index (κ2) is 7.72. The summed E-state index contributed by atoms with van der Waals surface area (Å²) in [5.41, 5.74) is 0. The zero-order valence-electron chi connectivity index (χ0n) is 12.0. The van der Waals surface area contributed by atoms with E-state index in [1.807, 2.05) is 13.8 Å². The van der Waals surface area contributed by atoms with Crippen LogP contribution in [0.3, 0.4) is 0 Å². The monoisotopic (exact) mass is 285 g/mol. The topological polar surface area (TPSA) is 98.7 Å². The fourth-order valence-corrected chi connectivity index (χ4v) is 2.18. The highest BCUT2D eigenvalue weighted by Crippen LogP contribution is 2.15. The van der Waals surface area contributed by atoms with Gasteiger partial charge in [0.25, 0.3) is 0 Å². The van der Waals surface area contributed by atoms with Crippen molar-refractivity contribution >= 4 is 17.9 Å². The summed E-state index contributed by atoms with van der Waals surface area (Å²) >= 11 is 0. The summed E-state index contributed by atoms with van der Waals surface area (Å²) < 4.78 is 0. The van der Waals surface area contributed by atoms with Crippen molar-refractivity contribution in [2.45, 2.75) is 39.2 Å². The first-order chi connectivity index (χ1) is 9.41. The van der Waals surface area contributed by atoms with Crippen LogP contribution in [0, 0.1) is 5.92 Å². The number of hydrogen-bond donors (Lipinski definition) is 3. The van der Waals surface area contributed by atoms with Crippen molar-refractivity contribution in [3.8, 4) is 0 Å². The van der Waals surface area contributed by atoms with E-state index in [4.69, 9.17) is 5.11 Å². The lowest BCUT2D eigenvalue weighted by molar-refractivity contribution is -0.136. The van der Waals surface area contributed by atoms with Crippen LogP contribution in [-0.4, -0.2) is 53.6 Å². The Morgan fingerprint density at radius 1 is 1.50 bits per heavy atom. The molecule has 0 spiro atoms. The number of carboxylic acid groups (broad SMARTS) is 1. The molecular weight excluding hydrogens is 262 g/mol. The highest BCUT2D eigenvalue weighted by Gasteiger charge is 2.31. The maximum absolute atomic E-state index is 12.1. The minimum absolute atomic E-state index is 0.0701. The molecule has 0 bridgehead atoms. The summed E-state index contributed by atoms with van der Waals surface area (Å²) in [6, 6.07) is -0.851. The van der Waals surface area contributed by atoms with Crippen LogP contribution in [0.2, 0.25) is 0 Å². The molecule has 3 amide bonds. The van der Waals surface area contributed by atoms with E-state index in [-0.39, 0.29) is 30.8 Å². The van der Waals surface area contributed by atoms with Crippen LogP contribution in [0.5, 0.6) is 0 Å². The number of carbonyl (C=O) groups excluding carboxylic acids is 2. The highest BCUT2D eigenvalue weighted by molar-refractivity contribution is 5.87. The van der Waals surface area contributed by atoms with E-state index in [9.17, 15) is 14.4 Å². The predicted octanol–water partition coefficient (Wildman–Crippen LogP) is 0.407. The number of carboxylic acids is 1. The van der Waals surface area contributed by atoms with E-state index in [0.717, 1.165) is 0 Å². The molecule has 0 saturated carbocycles. The molecule has 1 aliphatic heterocycles. The fourth-order valence-electron chi connectivity index (χ4n) is 2.18. The predicted molar refractivity (Wildman–Crippen MR) is 73.2 cm³/mol. The molecule has 1 unspecified atom stereocenters. The van der Waals surface area contributed by atoms with Crippen molar-refractivity contribution in [3.05, 3.63) is 0 Å². The Balaban J connectivity index is 2.67. The molecule has 0 aromatic rings. The largest absolute Gasteiger partial charge is 0.481 e. The number of nitrogens with one attached hydrogen (secondary N) is 2. The SMILES string of the molecule is CC(C)CC1C(=O)NCCCN1C(=O)NCCC(=O)O. The van der Waals surface area contributed by atoms with Crippen molar-refractivity contribution in [2.75, 3.05) is 19.6 Å². The highest BCUT2D eigenvalue weighted by atomic mass is 16.4. The lowest BCUT2D eigenvalue weighted by Gasteiger charge is -2.29. The molecule has 1 rings (SSSR count). The van der Waals surface area contributed by atoms with Crippen molar-refractivity contribution in [3.63, 3.8) is 0 Å². The van der Waals surface area contributed by atoms with Crippen LogP contribution in [-0.2, 0) is 9.59 Å². The Morgan fingerprint density at radius 3 is 2.80 bits per heavy atom. The van der Waals surface area contributed by atoms with E-state index in [1.165, 1.54) is 4.90 Å². The summed E-state index contributed by atoms with van der Waals surface area (Å²) in [4.78, 5) is 36.1. The number of urea groups is 1. The zero-order chi connectivity index (χ0) is 15.1. The van der Waals surface area contributed by atoms with Gasteiger partial charge in [-0.25, -0.2) is 4.79 Å². The maximum Gasteiger partial charge on any atom is 0.318 e. The molecule has 0 aliphatic carbocycles. The van der Waals surface area contributed by atoms with Crippen LogP contribution >= 0.6 is 0 Å². The van der Waals surface area contributed by atoms with Gasteiger partial charge in [0.15, 0.2) is 0 Å². The molecule has 114 valence electrons. The average molecular weight is 285 g/mol. The molecule has 0 aromatic heterocycles. The minimum Gasteiger partial charge on any atom is -0.481 e. The number of hydrogen-bond acceptors (Lipinski definition) is 3. The standard InChI is InChI=1S/C13H23N3O4/c1-9(2)8-10-12(19)14-5-3-7-16(10)13(20)15-6-4-11(17)18/h9-10H,3-8H2,1-2H3,(H,14,19)(H,15,20)(H,17,18). The van der Waals surface area contributed by atoms with Gasteiger partial charge in [0.1, 0.15) is 6.04 Å². The third-order valence-electron chi connectivity index (χ3n) is 3.12. The average Bonchev–Trinajstić information content (AvgIpc) is 2.51. The first-order valence-electron chi connectivity index (χ1n) is 6.95. The molecule has 1 saturated heterocycles. The van der Waals surface area contributed by atoms with Crippen LogP contribution in [0.15, 0.2) is 0 Å². The summed E-state index contributed by atoms with van der Waals surface area (Å²) in [5.74, 6) is -0.805. The quantitative estimate of drug-likeness (QED) is 0.681. The van der Waals surface area contributed by atoms with Gasteiger partial charge in [-0.2, -0.15) is 0 Å². The number of rotatable bonds is 5. The molecule has 20 heavy (non-hydrogen) atoms. The van der Waals surface area contributed by atoms with Crippen LogP contribution < -0.4 is 10.6 Å². The van der Waals surface area contributed by atoms with Crippen molar-refractivity contribution < 1.29 is 19.5 Å². The van der Waals surface area contributed by atoms with Crippen molar-refractivity contribution in [1.29, 1.82) is 0 Å². The van der Waals surface area contributed by atoms with Crippen molar-refractivity contribution in [2.24, 2.45) is 5.92 Å². The smallest absolute Gasteiger partial charge is 0.318 e. The number of amides is 3. The molecule has 0 radical (unpaired) electrons. The number of nitrogens with zero attached hydrogens (tertiary/aromatic N) is 1. The number of carbonyl (C=O) groups is 3. The van der Waals surface area contributed by atoms with Gasteiger partial charge in [-0.15, -0.1) is 0 Å². The van der Waals surface area contributed by atoms with E-state index in [2.05, 4.69) is 10.6 Å². The molecule has 1 fully saturated rings. The van der Waals surface area contributed by atoms with Gasteiger partial charge < -0.3 is 20.6 Å². The molecule has 1 aliphatic rings. The maximum atomic E-state index is 12.1. The first kappa shape index (κ1) is 16.3. The Kier molecular flexibility index (Phi) is 6.27.